The number of nitrogens with one attached hydrogen (secondary N) is 1. The molecule has 2 aliphatic heterocycles. The minimum Gasteiger partial charge on any atom is -0.485 e. The summed E-state index contributed by atoms with van der Waals surface area (Å²) in [6, 6.07) is 10.9. The first kappa shape index (κ1) is 26.6. The highest BCUT2D eigenvalue weighted by Gasteiger charge is 2.26. The second kappa shape index (κ2) is 11.8. The normalized spacial score (nSPS) is 17.2. The number of morpholine rings is 1. The Balaban J connectivity index is 1.47. The number of nitrogens with zero attached hydrogens (tertiary/aromatic N) is 2. The molecule has 3 aromatic rings. The second-order valence-electron chi connectivity index (χ2n) is 9.36. The molecule has 0 bridgehead atoms. The molecule has 1 aromatic heterocycles. The zero-order chi connectivity index (χ0) is 26.6. The van der Waals surface area contributed by atoms with Crippen molar-refractivity contribution in [2.45, 2.75) is 25.7 Å². The van der Waals surface area contributed by atoms with Crippen LogP contribution in [0.25, 0.3) is 10.9 Å². The van der Waals surface area contributed by atoms with Crippen molar-refractivity contribution in [1.82, 2.24) is 14.8 Å². The summed E-state index contributed by atoms with van der Waals surface area (Å²) in [5, 5.41) is 12.9. The van der Waals surface area contributed by atoms with E-state index in [4.69, 9.17) is 26.2 Å². The Morgan fingerprint density at radius 1 is 1.13 bits per heavy atom. The average Bonchev–Trinajstić information content (AvgIpc) is 2.90. The number of amides is 1. The molecule has 1 amide bonds. The van der Waals surface area contributed by atoms with Gasteiger partial charge in [0.25, 0.3) is 5.91 Å². The number of halogens is 1. The van der Waals surface area contributed by atoms with Crippen molar-refractivity contribution in [3.8, 4) is 5.75 Å². The highest BCUT2D eigenvalue weighted by atomic mass is 35.5. The molecule has 3 heterocycles. The summed E-state index contributed by atoms with van der Waals surface area (Å²) in [4.78, 5) is 40.0. The van der Waals surface area contributed by atoms with Gasteiger partial charge in [0.15, 0.2) is 0 Å². The van der Waals surface area contributed by atoms with E-state index in [2.05, 4.69) is 10.2 Å². The number of carboxylic acids is 1. The van der Waals surface area contributed by atoms with Crippen LogP contribution in [0.1, 0.15) is 21.5 Å². The van der Waals surface area contributed by atoms with Gasteiger partial charge in [-0.05, 0) is 35.4 Å². The lowest BCUT2D eigenvalue weighted by Gasteiger charge is -2.30. The molecule has 0 radical (unpaired) electrons. The molecule has 5 rings (SSSR count). The van der Waals surface area contributed by atoms with Crippen LogP contribution >= 0.6 is 23.4 Å². The Morgan fingerprint density at radius 2 is 1.89 bits per heavy atom. The number of benzene rings is 2. The van der Waals surface area contributed by atoms with E-state index in [1.165, 1.54) is 11.8 Å². The molecule has 0 aliphatic carbocycles. The van der Waals surface area contributed by atoms with Crippen LogP contribution < -0.4 is 15.5 Å². The monoisotopic (exact) mass is 557 g/mol. The fraction of sp³-hybridized carbons (Fsp3) is 0.370. The number of pyridine rings is 1. The van der Waals surface area contributed by atoms with E-state index >= 15 is 0 Å². The third kappa shape index (κ3) is 6.15. The van der Waals surface area contributed by atoms with Gasteiger partial charge in [-0.2, -0.15) is 0 Å². The van der Waals surface area contributed by atoms with E-state index in [1.54, 1.807) is 18.3 Å². The summed E-state index contributed by atoms with van der Waals surface area (Å²) in [7, 11) is 0. The Morgan fingerprint density at radius 3 is 2.63 bits per heavy atom. The van der Waals surface area contributed by atoms with Gasteiger partial charge >= 0.3 is 5.97 Å². The Kier molecular flexibility index (Phi) is 8.23. The Bertz CT molecular complexity index is 1400. The van der Waals surface area contributed by atoms with Gasteiger partial charge < -0.3 is 24.5 Å². The minimum absolute atomic E-state index is 0.0261. The van der Waals surface area contributed by atoms with Crippen molar-refractivity contribution in [1.29, 1.82) is 0 Å². The number of thioether (sulfide) groups is 1. The SMILES string of the molecule is O=C(O)CSCC1Cn2cc(C(=O)NCc3ccc(Cl)cc3)c(=O)c3cc(CN4CCOCC4)cc(c32)O1. The van der Waals surface area contributed by atoms with E-state index in [1.807, 2.05) is 28.8 Å². The molecule has 2 N–H and O–H groups in total. The molecular formula is C27H28ClN3O6S. The minimum atomic E-state index is -0.885. The maximum Gasteiger partial charge on any atom is 0.313 e. The molecule has 200 valence electrons. The van der Waals surface area contributed by atoms with Crippen molar-refractivity contribution in [2.24, 2.45) is 0 Å². The quantitative estimate of drug-likeness (QED) is 0.413. The van der Waals surface area contributed by atoms with Gasteiger partial charge in [0.2, 0.25) is 5.43 Å². The van der Waals surface area contributed by atoms with Crippen LogP contribution in [-0.2, 0) is 29.2 Å². The molecule has 1 unspecified atom stereocenters. The van der Waals surface area contributed by atoms with Gasteiger partial charge in [0.05, 0.1) is 36.4 Å². The summed E-state index contributed by atoms with van der Waals surface area (Å²) in [5.74, 6) is -0.334. The molecule has 11 heteroatoms. The van der Waals surface area contributed by atoms with Crippen molar-refractivity contribution in [3.63, 3.8) is 0 Å². The summed E-state index contributed by atoms with van der Waals surface area (Å²) in [6.07, 6.45) is 1.28. The van der Waals surface area contributed by atoms with Gasteiger partial charge in [-0.15, -0.1) is 11.8 Å². The first-order valence-electron chi connectivity index (χ1n) is 12.4. The highest BCUT2D eigenvalue weighted by molar-refractivity contribution is 7.99. The van der Waals surface area contributed by atoms with E-state index in [0.29, 0.717) is 53.7 Å². The maximum atomic E-state index is 13.6. The van der Waals surface area contributed by atoms with Gasteiger partial charge in [0.1, 0.15) is 17.4 Å². The predicted molar refractivity (Wildman–Crippen MR) is 146 cm³/mol. The summed E-state index contributed by atoms with van der Waals surface area (Å²) >= 11 is 7.22. The topological polar surface area (TPSA) is 110 Å². The molecular weight excluding hydrogens is 530 g/mol. The molecule has 1 saturated heterocycles. The van der Waals surface area contributed by atoms with Crippen LogP contribution in [0.5, 0.6) is 5.75 Å². The van der Waals surface area contributed by atoms with Gasteiger partial charge in [-0.3, -0.25) is 19.3 Å². The molecule has 0 saturated carbocycles. The number of carbonyl (C=O) groups is 2. The largest absolute Gasteiger partial charge is 0.485 e. The van der Waals surface area contributed by atoms with E-state index in [-0.39, 0.29) is 29.4 Å². The van der Waals surface area contributed by atoms with Crippen LogP contribution in [0, 0.1) is 0 Å². The molecule has 2 aromatic carbocycles. The number of carboxylic acid groups (broad SMARTS) is 1. The number of aromatic nitrogens is 1. The number of hydrogen-bond donors (Lipinski definition) is 2. The summed E-state index contributed by atoms with van der Waals surface area (Å²) < 4.78 is 13.6. The third-order valence-electron chi connectivity index (χ3n) is 6.54. The molecule has 1 fully saturated rings. The van der Waals surface area contributed by atoms with Crippen LogP contribution in [-0.4, -0.2) is 70.4 Å². The van der Waals surface area contributed by atoms with Crippen LogP contribution in [0.15, 0.2) is 47.4 Å². The molecule has 38 heavy (non-hydrogen) atoms. The summed E-state index contributed by atoms with van der Waals surface area (Å²) in [5.41, 5.74) is 2.13. The smallest absolute Gasteiger partial charge is 0.313 e. The number of carbonyl (C=O) groups excluding carboxylic acids is 1. The van der Waals surface area contributed by atoms with E-state index < -0.39 is 11.9 Å². The van der Waals surface area contributed by atoms with Crippen LogP contribution in [0.2, 0.25) is 5.02 Å². The fourth-order valence-electron chi connectivity index (χ4n) is 4.74. The number of rotatable bonds is 9. The Hall–Kier alpha value is -3.05. The molecule has 2 aliphatic rings. The second-order valence-corrected chi connectivity index (χ2v) is 10.8. The van der Waals surface area contributed by atoms with Gasteiger partial charge in [-0.1, -0.05) is 23.7 Å². The van der Waals surface area contributed by atoms with Crippen molar-refractivity contribution >= 4 is 46.1 Å². The third-order valence-corrected chi connectivity index (χ3v) is 7.85. The zero-order valence-corrected chi connectivity index (χ0v) is 22.2. The standard InChI is InChI=1S/C27H28ClN3O6S/c28-19-3-1-17(2-4-19)11-29-27(35)22-14-31-13-20(15-38-16-24(32)33)37-23-10-18(9-21(25(23)31)26(22)34)12-30-5-7-36-8-6-30/h1-4,9-10,14,20H,5-8,11-13,15-16H2,(H,29,35)(H,32,33). The molecule has 9 nitrogen and oxygen atoms in total. The van der Waals surface area contributed by atoms with E-state index in [0.717, 1.165) is 24.2 Å². The number of ether oxygens (including phenoxy) is 2. The average molecular weight is 558 g/mol. The number of aliphatic carboxylic acids is 1. The predicted octanol–water partition coefficient (Wildman–Crippen LogP) is 3.00. The first-order chi connectivity index (χ1) is 18.4. The molecule has 0 spiro atoms. The van der Waals surface area contributed by atoms with Gasteiger partial charge in [-0.25, -0.2) is 0 Å². The van der Waals surface area contributed by atoms with Crippen molar-refractivity contribution in [3.05, 3.63) is 74.5 Å². The lowest BCUT2D eigenvalue weighted by atomic mass is 10.0. The van der Waals surface area contributed by atoms with Crippen LogP contribution in [0.3, 0.4) is 0 Å². The Labute approximate surface area is 228 Å². The van der Waals surface area contributed by atoms with Gasteiger partial charge in [0, 0.05) is 43.2 Å². The van der Waals surface area contributed by atoms with Crippen molar-refractivity contribution in [2.75, 3.05) is 37.8 Å². The maximum absolute atomic E-state index is 13.6. The van der Waals surface area contributed by atoms with E-state index in [9.17, 15) is 14.4 Å². The zero-order valence-electron chi connectivity index (χ0n) is 20.7. The lowest BCUT2D eigenvalue weighted by Crippen LogP contribution is -2.36. The molecule has 1 atom stereocenters. The van der Waals surface area contributed by atoms with Crippen molar-refractivity contribution < 1.29 is 24.2 Å². The lowest BCUT2D eigenvalue weighted by molar-refractivity contribution is -0.133. The fourth-order valence-corrected chi connectivity index (χ4v) is 5.60. The number of hydrogen-bond acceptors (Lipinski definition) is 7. The van der Waals surface area contributed by atoms with Crippen LogP contribution in [0.4, 0.5) is 0 Å². The first-order valence-corrected chi connectivity index (χ1v) is 13.9. The summed E-state index contributed by atoms with van der Waals surface area (Å²) in [6.45, 7) is 4.18. The highest BCUT2D eigenvalue weighted by Crippen LogP contribution is 2.32.